The van der Waals surface area contributed by atoms with Gasteiger partial charge in [0, 0.05) is 6.42 Å². The van der Waals surface area contributed by atoms with Gasteiger partial charge >= 0.3 is 5.97 Å². The molecule has 0 aromatic heterocycles. The van der Waals surface area contributed by atoms with Gasteiger partial charge < -0.3 is 4.74 Å². The molecule has 0 aromatic rings. The molecule has 154 valence electrons. The van der Waals surface area contributed by atoms with Gasteiger partial charge in [-0.15, -0.1) is 0 Å². The Morgan fingerprint density at radius 2 is 1.74 bits per heavy atom. The van der Waals surface area contributed by atoms with Gasteiger partial charge in [0.2, 0.25) is 0 Å². The summed E-state index contributed by atoms with van der Waals surface area (Å²) in [6.07, 6.45) is 16.4. The summed E-state index contributed by atoms with van der Waals surface area (Å²) in [5.41, 5.74) is 1.17. The van der Waals surface area contributed by atoms with Crippen LogP contribution in [0.3, 0.4) is 0 Å². The minimum Gasteiger partial charge on any atom is -0.469 e. The lowest BCUT2D eigenvalue weighted by atomic mass is 9.44. The van der Waals surface area contributed by atoms with Crippen LogP contribution >= 0.6 is 0 Å². The first-order valence-corrected chi connectivity index (χ1v) is 12.0. The molecule has 0 amide bonds. The smallest absolute Gasteiger partial charge is 0.305 e. The van der Waals surface area contributed by atoms with Gasteiger partial charge in [0.15, 0.2) is 0 Å². The highest BCUT2D eigenvalue weighted by Gasteiger charge is 2.60. The number of rotatable bonds is 4. The van der Waals surface area contributed by atoms with E-state index in [4.69, 9.17) is 4.74 Å². The van der Waals surface area contributed by atoms with E-state index in [9.17, 15) is 4.79 Å². The topological polar surface area (TPSA) is 26.3 Å². The number of carbonyl (C=O) groups is 1. The average Bonchev–Trinajstić information content (AvgIpc) is 3.02. The standard InChI is InChI=1S/C25H42O2/c1-17(8-13-23(26)27-4)20-11-12-21-19-10-9-18-7-5-6-15-24(18,2)22(19)14-16-25(20,21)3/h17-22H,5-16H2,1-4H3/t17?,18?,19-,20+,21-,22-,24-,25+/m0/s1. The second kappa shape index (κ2) is 7.38. The van der Waals surface area contributed by atoms with Gasteiger partial charge in [0.1, 0.15) is 0 Å². The van der Waals surface area contributed by atoms with Crippen molar-refractivity contribution in [3.8, 4) is 0 Å². The van der Waals surface area contributed by atoms with Gasteiger partial charge in [0.05, 0.1) is 7.11 Å². The highest BCUT2D eigenvalue weighted by molar-refractivity contribution is 5.69. The molecule has 4 aliphatic carbocycles. The van der Waals surface area contributed by atoms with Crippen LogP contribution in [0.1, 0.15) is 97.8 Å². The number of carbonyl (C=O) groups excluding carboxylic acids is 1. The quantitative estimate of drug-likeness (QED) is 0.517. The van der Waals surface area contributed by atoms with Gasteiger partial charge in [-0.05, 0) is 104 Å². The van der Waals surface area contributed by atoms with Crippen LogP contribution in [0.4, 0.5) is 0 Å². The fourth-order valence-corrected chi connectivity index (χ4v) is 8.92. The molecule has 0 spiro atoms. The van der Waals surface area contributed by atoms with Crippen molar-refractivity contribution in [1.82, 2.24) is 0 Å². The van der Waals surface area contributed by atoms with E-state index in [0.29, 0.717) is 23.2 Å². The number of fused-ring (bicyclic) bond motifs is 5. The number of methoxy groups -OCH3 is 1. The predicted molar refractivity (Wildman–Crippen MR) is 110 cm³/mol. The maximum absolute atomic E-state index is 11.6. The lowest BCUT2D eigenvalue weighted by molar-refractivity contribution is -0.141. The van der Waals surface area contributed by atoms with Crippen molar-refractivity contribution >= 4 is 5.97 Å². The van der Waals surface area contributed by atoms with E-state index >= 15 is 0 Å². The van der Waals surface area contributed by atoms with Gasteiger partial charge in [-0.2, -0.15) is 0 Å². The van der Waals surface area contributed by atoms with Crippen LogP contribution in [-0.2, 0) is 9.53 Å². The van der Waals surface area contributed by atoms with Gasteiger partial charge in [-0.3, -0.25) is 4.79 Å². The van der Waals surface area contributed by atoms with E-state index in [-0.39, 0.29) is 5.97 Å². The molecule has 2 heteroatoms. The Bertz CT molecular complexity index is 557. The first-order valence-electron chi connectivity index (χ1n) is 12.0. The zero-order valence-corrected chi connectivity index (χ0v) is 18.3. The maximum Gasteiger partial charge on any atom is 0.305 e. The monoisotopic (exact) mass is 374 g/mol. The summed E-state index contributed by atoms with van der Waals surface area (Å²) in [5, 5.41) is 0. The molecule has 2 unspecified atom stereocenters. The number of ether oxygens (including phenoxy) is 1. The summed E-state index contributed by atoms with van der Waals surface area (Å²) >= 11 is 0. The summed E-state index contributed by atoms with van der Waals surface area (Å²) in [4.78, 5) is 11.6. The highest BCUT2D eigenvalue weighted by atomic mass is 16.5. The van der Waals surface area contributed by atoms with E-state index < -0.39 is 0 Å². The van der Waals surface area contributed by atoms with Crippen molar-refractivity contribution in [2.75, 3.05) is 7.11 Å². The Labute approximate surface area is 167 Å². The second-order valence-corrected chi connectivity index (χ2v) is 11.2. The van der Waals surface area contributed by atoms with Crippen LogP contribution in [0.2, 0.25) is 0 Å². The summed E-state index contributed by atoms with van der Waals surface area (Å²) < 4.78 is 4.89. The third-order valence-corrected chi connectivity index (χ3v) is 10.4. The molecule has 4 saturated carbocycles. The second-order valence-electron chi connectivity index (χ2n) is 11.2. The SMILES string of the molecule is COC(=O)CCC(C)[C@H]1CC[C@H]2[C@@H]3CCC4CCCC[C@]4(C)[C@H]3CC[C@]12C. The molecule has 4 aliphatic rings. The van der Waals surface area contributed by atoms with Crippen molar-refractivity contribution in [2.24, 2.45) is 46.3 Å². The van der Waals surface area contributed by atoms with E-state index in [0.717, 1.165) is 36.0 Å². The molecule has 0 saturated heterocycles. The molecule has 0 aromatic carbocycles. The van der Waals surface area contributed by atoms with Crippen LogP contribution < -0.4 is 0 Å². The summed E-state index contributed by atoms with van der Waals surface area (Å²) in [6, 6.07) is 0. The van der Waals surface area contributed by atoms with Gasteiger partial charge in [-0.1, -0.05) is 33.6 Å². The Balaban J connectivity index is 1.49. The molecule has 0 N–H and O–H groups in total. The third kappa shape index (κ3) is 3.18. The average molecular weight is 375 g/mol. The van der Waals surface area contributed by atoms with Crippen LogP contribution in [0.15, 0.2) is 0 Å². The maximum atomic E-state index is 11.6. The van der Waals surface area contributed by atoms with Crippen molar-refractivity contribution in [3.63, 3.8) is 0 Å². The minimum absolute atomic E-state index is 0.0335. The summed E-state index contributed by atoms with van der Waals surface area (Å²) in [6.45, 7) is 7.73. The molecule has 0 radical (unpaired) electrons. The molecular weight excluding hydrogens is 332 g/mol. The number of hydrogen-bond acceptors (Lipinski definition) is 2. The fourth-order valence-electron chi connectivity index (χ4n) is 8.92. The molecule has 4 fully saturated rings. The van der Waals surface area contributed by atoms with Crippen LogP contribution in [-0.4, -0.2) is 13.1 Å². The van der Waals surface area contributed by atoms with Crippen LogP contribution in [0, 0.1) is 46.3 Å². The highest BCUT2D eigenvalue weighted by Crippen LogP contribution is 2.68. The van der Waals surface area contributed by atoms with Gasteiger partial charge in [-0.25, -0.2) is 0 Å². The molecular formula is C25H42O2. The molecule has 0 aliphatic heterocycles. The fraction of sp³-hybridized carbons (Fsp3) is 0.960. The van der Waals surface area contributed by atoms with Crippen molar-refractivity contribution < 1.29 is 9.53 Å². The molecule has 2 nitrogen and oxygen atoms in total. The molecule has 8 atom stereocenters. The number of hydrogen-bond donors (Lipinski definition) is 0. The Morgan fingerprint density at radius 1 is 0.963 bits per heavy atom. The molecule has 0 heterocycles. The van der Waals surface area contributed by atoms with Crippen LogP contribution in [0.25, 0.3) is 0 Å². The number of esters is 1. The lowest BCUT2D eigenvalue weighted by Gasteiger charge is -2.61. The predicted octanol–water partition coefficient (Wildman–Crippen LogP) is 6.62. The zero-order chi connectivity index (χ0) is 19.2. The molecule has 0 bridgehead atoms. The molecule has 4 rings (SSSR count). The summed E-state index contributed by atoms with van der Waals surface area (Å²) in [5.74, 6) is 5.38. The third-order valence-electron chi connectivity index (χ3n) is 10.4. The largest absolute Gasteiger partial charge is 0.469 e. The Morgan fingerprint density at radius 3 is 2.52 bits per heavy atom. The van der Waals surface area contributed by atoms with E-state index in [1.165, 1.54) is 71.3 Å². The first-order chi connectivity index (χ1) is 12.9. The van der Waals surface area contributed by atoms with E-state index in [1.807, 2.05) is 0 Å². The Kier molecular flexibility index (Phi) is 5.40. The van der Waals surface area contributed by atoms with Crippen LogP contribution in [0.5, 0.6) is 0 Å². The normalized spacial score (nSPS) is 47.5. The minimum atomic E-state index is -0.0335. The first kappa shape index (κ1) is 19.8. The van der Waals surface area contributed by atoms with Gasteiger partial charge in [0.25, 0.3) is 0 Å². The Hall–Kier alpha value is -0.530. The van der Waals surface area contributed by atoms with Crippen molar-refractivity contribution in [1.29, 1.82) is 0 Å². The summed E-state index contributed by atoms with van der Waals surface area (Å²) in [7, 11) is 1.52. The molecule has 27 heavy (non-hydrogen) atoms. The van der Waals surface area contributed by atoms with Crippen molar-refractivity contribution in [2.45, 2.75) is 97.8 Å². The lowest BCUT2D eigenvalue weighted by Crippen LogP contribution is -2.53. The van der Waals surface area contributed by atoms with E-state index in [1.54, 1.807) is 0 Å². The van der Waals surface area contributed by atoms with Crippen molar-refractivity contribution in [3.05, 3.63) is 0 Å². The van der Waals surface area contributed by atoms with E-state index in [2.05, 4.69) is 20.8 Å². The zero-order valence-electron chi connectivity index (χ0n) is 18.3.